The number of imidazole rings is 1. The molecule has 3 nitrogen and oxygen atoms in total. The molecule has 0 fully saturated rings. The molecule has 3 aromatic rings. The van der Waals surface area contributed by atoms with Gasteiger partial charge in [-0.3, -0.25) is 0 Å². The summed E-state index contributed by atoms with van der Waals surface area (Å²) in [5, 5.41) is 0. The highest BCUT2D eigenvalue weighted by molar-refractivity contribution is 5.75. The van der Waals surface area contributed by atoms with Crippen molar-refractivity contribution < 1.29 is 4.74 Å². The molecule has 0 radical (unpaired) electrons. The van der Waals surface area contributed by atoms with Gasteiger partial charge in [0.15, 0.2) is 0 Å². The van der Waals surface area contributed by atoms with Crippen LogP contribution in [0, 0.1) is 5.41 Å². The van der Waals surface area contributed by atoms with Crippen LogP contribution in [0.2, 0.25) is 0 Å². The summed E-state index contributed by atoms with van der Waals surface area (Å²) in [5.74, 6) is 2.14. The third-order valence-corrected chi connectivity index (χ3v) is 4.21. The van der Waals surface area contributed by atoms with Crippen LogP contribution in [0.25, 0.3) is 11.0 Å². The third kappa shape index (κ3) is 4.85. The molecule has 1 heterocycles. The van der Waals surface area contributed by atoms with Gasteiger partial charge in [-0.1, -0.05) is 51.1 Å². The molecule has 0 atom stereocenters. The standard InChI is InChI=1S/C22H28N2O/c1-22(2,3)17-21-23-19-13-7-8-14-20(19)24(21)15-9-10-16-25-18-11-5-4-6-12-18/h4-8,11-14H,9-10,15-17H2,1-3H3. The summed E-state index contributed by atoms with van der Waals surface area (Å²) in [6, 6.07) is 18.5. The monoisotopic (exact) mass is 336 g/mol. The average Bonchev–Trinajstić information content (AvgIpc) is 2.91. The van der Waals surface area contributed by atoms with Crippen molar-refractivity contribution in [3.8, 4) is 5.75 Å². The first-order chi connectivity index (χ1) is 12.0. The molecule has 2 aromatic carbocycles. The highest BCUT2D eigenvalue weighted by Crippen LogP contribution is 2.24. The molecule has 25 heavy (non-hydrogen) atoms. The topological polar surface area (TPSA) is 27.1 Å². The van der Waals surface area contributed by atoms with Gasteiger partial charge >= 0.3 is 0 Å². The third-order valence-electron chi connectivity index (χ3n) is 4.21. The molecule has 0 amide bonds. The van der Waals surface area contributed by atoms with Crippen molar-refractivity contribution in [3.63, 3.8) is 0 Å². The van der Waals surface area contributed by atoms with Gasteiger partial charge in [-0.2, -0.15) is 0 Å². The summed E-state index contributed by atoms with van der Waals surface area (Å²) in [5.41, 5.74) is 2.57. The van der Waals surface area contributed by atoms with Crippen molar-refractivity contribution >= 4 is 11.0 Å². The second-order valence-corrected chi connectivity index (χ2v) is 7.77. The maximum Gasteiger partial charge on any atom is 0.119 e. The minimum atomic E-state index is 0.232. The Labute approximate surface area is 150 Å². The maximum atomic E-state index is 5.80. The fourth-order valence-corrected chi connectivity index (χ4v) is 3.06. The molecule has 0 saturated carbocycles. The number of hydrogen-bond donors (Lipinski definition) is 0. The predicted octanol–water partition coefficient (Wildman–Crippen LogP) is 5.48. The molecule has 0 aliphatic heterocycles. The van der Waals surface area contributed by atoms with Gasteiger partial charge < -0.3 is 9.30 Å². The average molecular weight is 336 g/mol. The Balaban J connectivity index is 1.62. The highest BCUT2D eigenvalue weighted by Gasteiger charge is 2.17. The zero-order valence-electron chi connectivity index (χ0n) is 15.5. The Morgan fingerprint density at radius 1 is 0.920 bits per heavy atom. The fourth-order valence-electron chi connectivity index (χ4n) is 3.06. The van der Waals surface area contributed by atoms with Crippen LogP contribution in [0.3, 0.4) is 0 Å². The Morgan fingerprint density at radius 2 is 1.64 bits per heavy atom. The Hall–Kier alpha value is -2.29. The van der Waals surface area contributed by atoms with Crippen LogP contribution >= 0.6 is 0 Å². The summed E-state index contributed by atoms with van der Waals surface area (Å²) in [6.45, 7) is 8.55. The Kier molecular flexibility index (Phi) is 5.42. The normalized spacial score (nSPS) is 11.8. The van der Waals surface area contributed by atoms with E-state index < -0.39 is 0 Å². The lowest BCUT2D eigenvalue weighted by Crippen LogP contribution is -2.15. The minimum Gasteiger partial charge on any atom is -0.494 e. The number of ether oxygens (including phenoxy) is 1. The number of benzene rings is 2. The largest absolute Gasteiger partial charge is 0.494 e. The molecule has 0 spiro atoms. The van der Waals surface area contributed by atoms with Gasteiger partial charge in [-0.05, 0) is 42.5 Å². The van der Waals surface area contributed by atoms with E-state index in [1.807, 2.05) is 30.3 Å². The van der Waals surface area contributed by atoms with E-state index in [1.54, 1.807) is 0 Å². The molecular formula is C22H28N2O. The van der Waals surface area contributed by atoms with Gasteiger partial charge in [0.2, 0.25) is 0 Å². The van der Waals surface area contributed by atoms with Crippen molar-refractivity contribution in [1.82, 2.24) is 9.55 Å². The van der Waals surface area contributed by atoms with Gasteiger partial charge in [-0.25, -0.2) is 4.98 Å². The number of hydrogen-bond acceptors (Lipinski definition) is 2. The van der Waals surface area contributed by atoms with Crippen LogP contribution < -0.4 is 4.74 Å². The highest BCUT2D eigenvalue weighted by atomic mass is 16.5. The maximum absolute atomic E-state index is 5.80. The lowest BCUT2D eigenvalue weighted by molar-refractivity contribution is 0.302. The molecule has 132 valence electrons. The van der Waals surface area contributed by atoms with E-state index >= 15 is 0 Å². The van der Waals surface area contributed by atoms with Crippen molar-refractivity contribution in [1.29, 1.82) is 0 Å². The summed E-state index contributed by atoms with van der Waals surface area (Å²) >= 11 is 0. The fraction of sp³-hybridized carbons (Fsp3) is 0.409. The van der Waals surface area contributed by atoms with Crippen molar-refractivity contribution in [2.45, 2.75) is 46.6 Å². The smallest absolute Gasteiger partial charge is 0.119 e. The quantitative estimate of drug-likeness (QED) is 0.534. The van der Waals surface area contributed by atoms with Crippen LogP contribution in [0.1, 0.15) is 39.4 Å². The molecule has 0 unspecified atom stereocenters. The first-order valence-corrected chi connectivity index (χ1v) is 9.15. The molecule has 0 saturated heterocycles. The number of aromatic nitrogens is 2. The van der Waals surface area contributed by atoms with E-state index in [0.717, 1.165) is 43.7 Å². The van der Waals surface area contributed by atoms with E-state index in [-0.39, 0.29) is 5.41 Å². The lowest BCUT2D eigenvalue weighted by Gasteiger charge is -2.19. The Morgan fingerprint density at radius 3 is 2.40 bits per heavy atom. The van der Waals surface area contributed by atoms with Crippen LogP contribution in [-0.4, -0.2) is 16.2 Å². The van der Waals surface area contributed by atoms with E-state index in [0.29, 0.717) is 0 Å². The molecule has 3 rings (SSSR count). The minimum absolute atomic E-state index is 0.232. The number of rotatable bonds is 7. The SMILES string of the molecule is CC(C)(C)Cc1nc2ccccc2n1CCCCOc1ccccc1. The van der Waals surface area contributed by atoms with Gasteiger partial charge in [0, 0.05) is 13.0 Å². The van der Waals surface area contributed by atoms with Crippen LogP contribution in [0.5, 0.6) is 5.75 Å². The summed E-state index contributed by atoms with van der Waals surface area (Å²) in [4.78, 5) is 4.88. The number of aryl methyl sites for hydroxylation is 1. The van der Waals surface area contributed by atoms with E-state index in [1.165, 1.54) is 11.3 Å². The molecule has 0 bridgehead atoms. The number of nitrogens with zero attached hydrogens (tertiary/aromatic N) is 2. The predicted molar refractivity (Wildman–Crippen MR) is 104 cm³/mol. The summed E-state index contributed by atoms with van der Waals surface area (Å²) in [6.07, 6.45) is 3.11. The van der Waals surface area contributed by atoms with Gasteiger partial charge in [-0.15, -0.1) is 0 Å². The second-order valence-electron chi connectivity index (χ2n) is 7.77. The van der Waals surface area contributed by atoms with Crippen molar-refractivity contribution in [2.75, 3.05) is 6.61 Å². The zero-order valence-corrected chi connectivity index (χ0v) is 15.5. The van der Waals surface area contributed by atoms with Crippen LogP contribution in [-0.2, 0) is 13.0 Å². The van der Waals surface area contributed by atoms with E-state index in [2.05, 4.69) is 49.6 Å². The molecular weight excluding hydrogens is 308 g/mol. The lowest BCUT2D eigenvalue weighted by atomic mass is 9.92. The second kappa shape index (κ2) is 7.73. The summed E-state index contributed by atoms with van der Waals surface area (Å²) < 4.78 is 8.19. The van der Waals surface area contributed by atoms with Gasteiger partial charge in [0.1, 0.15) is 11.6 Å². The Bertz CT molecular complexity index is 800. The van der Waals surface area contributed by atoms with Crippen molar-refractivity contribution in [3.05, 3.63) is 60.4 Å². The van der Waals surface area contributed by atoms with E-state index in [4.69, 9.17) is 9.72 Å². The molecule has 3 heteroatoms. The van der Waals surface area contributed by atoms with Crippen LogP contribution in [0.4, 0.5) is 0 Å². The molecule has 1 aromatic heterocycles. The molecule has 0 N–H and O–H groups in total. The first-order valence-electron chi connectivity index (χ1n) is 9.15. The van der Waals surface area contributed by atoms with Crippen molar-refractivity contribution in [2.24, 2.45) is 5.41 Å². The molecule has 0 aliphatic carbocycles. The van der Waals surface area contributed by atoms with Gasteiger partial charge in [0.05, 0.1) is 17.6 Å². The molecule has 0 aliphatic rings. The summed E-state index contributed by atoms with van der Waals surface area (Å²) in [7, 11) is 0. The van der Waals surface area contributed by atoms with Gasteiger partial charge in [0.25, 0.3) is 0 Å². The number of fused-ring (bicyclic) bond motifs is 1. The zero-order chi connectivity index (χ0) is 17.7. The van der Waals surface area contributed by atoms with E-state index in [9.17, 15) is 0 Å². The number of para-hydroxylation sites is 3. The van der Waals surface area contributed by atoms with Crippen LogP contribution in [0.15, 0.2) is 54.6 Å². The number of unbranched alkanes of at least 4 members (excludes halogenated alkanes) is 1. The first kappa shape index (κ1) is 17.5.